The highest BCUT2D eigenvalue weighted by atomic mass is 35.5. The minimum Gasteiger partial charge on any atom is -0.508 e. The van der Waals surface area contributed by atoms with Crippen molar-refractivity contribution < 1.29 is 15.0 Å². The van der Waals surface area contributed by atoms with Gasteiger partial charge in [0.1, 0.15) is 11.5 Å². The second-order valence-electron chi connectivity index (χ2n) is 6.81. The van der Waals surface area contributed by atoms with Gasteiger partial charge in [0.25, 0.3) is 5.91 Å². The molecule has 166 valence electrons. The van der Waals surface area contributed by atoms with Crippen molar-refractivity contribution in [2.45, 2.75) is 5.16 Å². The second-order valence-corrected chi connectivity index (χ2v) is 8.19. The van der Waals surface area contributed by atoms with Crippen LogP contribution in [0.15, 0.2) is 83.1 Å². The van der Waals surface area contributed by atoms with E-state index in [1.807, 2.05) is 47.0 Å². The first-order valence-electron chi connectivity index (χ1n) is 9.75. The average molecular weight is 480 g/mol. The summed E-state index contributed by atoms with van der Waals surface area (Å²) in [6, 6.07) is 21.0. The van der Waals surface area contributed by atoms with Crippen molar-refractivity contribution in [3.63, 3.8) is 0 Å². The molecular weight excluding hydrogens is 462 g/mol. The van der Waals surface area contributed by atoms with Crippen LogP contribution in [-0.2, 0) is 4.79 Å². The molecule has 0 fully saturated rings. The molecule has 0 aliphatic carbocycles. The van der Waals surface area contributed by atoms with Gasteiger partial charge in [-0.3, -0.25) is 9.36 Å². The largest absolute Gasteiger partial charge is 0.508 e. The lowest BCUT2D eigenvalue weighted by atomic mass is 10.2. The molecule has 0 radical (unpaired) electrons. The van der Waals surface area contributed by atoms with E-state index in [9.17, 15) is 15.0 Å². The Balaban J connectivity index is 1.49. The lowest BCUT2D eigenvalue weighted by Gasteiger charge is -2.10. The minimum absolute atomic E-state index is 0.0461. The van der Waals surface area contributed by atoms with Crippen molar-refractivity contribution in [3.8, 4) is 28.6 Å². The maximum absolute atomic E-state index is 12.3. The molecule has 33 heavy (non-hydrogen) atoms. The molecule has 0 atom stereocenters. The van der Waals surface area contributed by atoms with Crippen LogP contribution in [0.25, 0.3) is 17.1 Å². The Bertz CT molecular complexity index is 1290. The number of rotatable bonds is 7. The summed E-state index contributed by atoms with van der Waals surface area (Å²) in [4.78, 5) is 12.3. The molecule has 0 unspecified atom stereocenters. The number of carbonyl (C=O) groups is 1. The number of para-hydroxylation sites is 1. The molecule has 1 amide bonds. The predicted molar refractivity (Wildman–Crippen MR) is 128 cm³/mol. The van der Waals surface area contributed by atoms with Gasteiger partial charge in [0, 0.05) is 27.9 Å². The van der Waals surface area contributed by atoms with Crippen LogP contribution in [0.3, 0.4) is 0 Å². The standard InChI is InChI=1S/C23H18ClN5O3S/c24-17-9-6-15(7-10-17)22-27-28-23(29(22)18-4-2-1-3-5-18)33-14-21(32)26-25-13-16-8-11-19(30)12-20(16)31/h1-13,30-31H,14H2,(H,26,32)/b25-13-. The van der Waals surface area contributed by atoms with Crippen molar-refractivity contribution in [3.05, 3.63) is 83.4 Å². The number of benzene rings is 3. The number of hydrogen-bond donors (Lipinski definition) is 3. The summed E-state index contributed by atoms with van der Waals surface area (Å²) in [7, 11) is 0. The van der Waals surface area contributed by atoms with Gasteiger partial charge in [0.05, 0.1) is 12.0 Å². The van der Waals surface area contributed by atoms with Gasteiger partial charge in [-0.2, -0.15) is 5.10 Å². The number of thioether (sulfide) groups is 1. The maximum atomic E-state index is 12.3. The van der Waals surface area contributed by atoms with Crippen molar-refractivity contribution in [1.29, 1.82) is 0 Å². The molecule has 0 saturated heterocycles. The molecule has 3 aromatic carbocycles. The van der Waals surface area contributed by atoms with Crippen LogP contribution in [-0.4, -0.2) is 42.9 Å². The smallest absolute Gasteiger partial charge is 0.250 e. The van der Waals surface area contributed by atoms with E-state index in [0.29, 0.717) is 21.6 Å². The Hall–Kier alpha value is -3.82. The number of carbonyl (C=O) groups excluding carboxylic acids is 1. The van der Waals surface area contributed by atoms with Crippen LogP contribution in [0, 0.1) is 0 Å². The monoisotopic (exact) mass is 479 g/mol. The van der Waals surface area contributed by atoms with Gasteiger partial charge in [0.15, 0.2) is 11.0 Å². The van der Waals surface area contributed by atoms with Crippen LogP contribution in [0.1, 0.15) is 5.56 Å². The quantitative estimate of drug-likeness (QED) is 0.207. The van der Waals surface area contributed by atoms with Gasteiger partial charge >= 0.3 is 0 Å². The predicted octanol–water partition coefficient (Wildman–Crippen LogP) is 4.24. The van der Waals surface area contributed by atoms with Crippen molar-refractivity contribution in [1.82, 2.24) is 20.2 Å². The summed E-state index contributed by atoms with van der Waals surface area (Å²) in [6.07, 6.45) is 1.29. The van der Waals surface area contributed by atoms with E-state index in [0.717, 1.165) is 11.3 Å². The van der Waals surface area contributed by atoms with E-state index in [2.05, 4.69) is 20.7 Å². The number of aromatic hydroxyl groups is 2. The maximum Gasteiger partial charge on any atom is 0.250 e. The Morgan fingerprint density at radius 3 is 2.55 bits per heavy atom. The molecule has 4 aromatic rings. The molecule has 1 heterocycles. The number of amides is 1. The van der Waals surface area contributed by atoms with Gasteiger partial charge < -0.3 is 10.2 Å². The first kappa shape index (κ1) is 22.4. The fourth-order valence-corrected chi connectivity index (χ4v) is 3.81. The Kier molecular flexibility index (Phi) is 6.92. The van der Waals surface area contributed by atoms with E-state index in [-0.39, 0.29) is 23.2 Å². The number of nitrogens with one attached hydrogen (secondary N) is 1. The molecule has 4 rings (SSSR count). The highest BCUT2D eigenvalue weighted by Crippen LogP contribution is 2.28. The SMILES string of the molecule is O=C(CSc1nnc(-c2ccc(Cl)cc2)n1-c1ccccc1)N/N=C\c1ccc(O)cc1O. The summed E-state index contributed by atoms with van der Waals surface area (Å²) in [5.41, 5.74) is 4.47. The Morgan fingerprint density at radius 2 is 1.82 bits per heavy atom. The fraction of sp³-hybridized carbons (Fsp3) is 0.0435. The van der Waals surface area contributed by atoms with E-state index in [4.69, 9.17) is 11.6 Å². The summed E-state index contributed by atoms with van der Waals surface area (Å²) in [6.45, 7) is 0. The van der Waals surface area contributed by atoms with Crippen LogP contribution in [0.5, 0.6) is 11.5 Å². The first-order valence-corrected chi connectivity index (χ1v) is 11.1. The number of phenols is 2. The minimum atomic E-state index is -0.356. The fourth-order valence-electron chi connectivity index (χ4n) is 2.94. The molecule has 3 N–H and O–H groups in total. The summed E-state index contributed by atoms with van der Waals surface area (Å²) >= 11 is 7.23. The number of halogens is 1. The molecule has 10 heteroatoms. The molecule has 0 spiro atoms. The number of nitrogens with zero attached hydrogens (tertiary/aromatic N) is 4. The molecular formula is C23H18ClN5O3S. The zero-order valence-electron chi connectivity index (χ0n) is 17.1. The van der Waals surface area contributed by atoms with Crippen LogP contribution < -0.4 is 5.43 Å². The Morgan fingerprint density at radius 1 is 1.06 bits per heavy atom. The molecule has 0 aliphatic rings. The third kappa shape index (κ3) is 5.51. The number of aromatic nitrogens is 3. The topological polar surface area (TPSA) is 113 Å². The van der Waals surface area contributed by atoms with E-state index < -0.39 is 0 Å². The van der Waals surface area contributed by atoms with Crippen molar-refractivity contribution in [2.24, 2.45) is 5.10 Å². The lowest BCUT2D eigenvalue weighted by Crippen LogP contribution is -2.20. The van der Waals surface area contributed by atoms with Crippen molar-refractivity contribution >= 4 is 35.5 Å². The number of hydrazone groups is 1. The van der Waals surface area contributed by atoms with E-state index in [1.165, 1.54) is 36.2 Å². The third-order valence-corrected chi connectivity index (χ3v) is 5.67. The molecule has 1 aromatic heterocycles. The number of hydrogen-bond acceptors (Lipinski definition) is 7. The molecule has 0 aliphatic heterocycles. The molecule has 0 bridgehead atoms. The first-order chi connectivity index (χ1) is 16.0. The summed E-state index contributed by atoms with van der Waals surface area (Å²) in [5.74, 6) is 0.107. The second kappa shape index (κ2) is 10.2. The van der Waals surface area contributed by atoms with Gasteiger partial charge in [-0.25, -0.2) is 5.43 Å². The summed E-state index contributed by atoms with van der Waals surface area (Å²) < 4.78 is 1.87. The van der Waals surface area contributed by atoms with Gasteiger partial charge in [-0.1, -0.05) is 41.6 Å². The average Bonchev–Trinajstić information content (AvgIpc) is 3.24. The third-order valence-electron chi connectivity index (χ3n) is 4.49. The van der Waals surface area contributed by atoms with Gasteiger partial charge in [-0.15, -0.1) is 10.2 Å². The van der Waals surface area contributed by atoms with Crippen LogP contribution in [0.2, 0.25) is 5.02 Å². The van der Waals surface area contributed by atoms with Crippen molar-refractivity contribution in [2.75, 3.05) is 5.75 Å². The zero-order valence-corrected chi connectivity index (χ0v) is 18.7. The van der Waals surface area contributed by atoms with Crippen LogP contribution >= 0.6 is 23.4 Å². The van der Waals surface area contributed by atoms with Gasteiger partial charge in [-0.05, 0) is 48.5 Å². The van der Waals surface area contributed by atoms with E-state index in [1.54, 1.807) is 12.1 Å². The van der Waals surface area contributed by atoms with E-state index >= 15 is 0 Å². The van der Waals surface area contributed by atoms with Crippen LogP contribution in [0.4, 0.5) is 0 Å². The Labute approximate surface area is 198 Å². The normalized spacial score (nSPS) is 11.1. The molecule has 0 saturated carbocycles. The highest BCUT2D eigenvalue weighted by Gasteiger charge is 2.17. The molecule has 8 nitrogen and oxygen atoms in total. The lowest BCUT2D eigenvalue weighted by molar-refractivity contribution is -0.118. The van der Waals surface area contributed by atoms with Gasteiger partial charge in [0.2, 0.25) is 0 Å². The zero-order chi connectivity index (χ0) is 23.2. The highest BCUT2D eigenvalue weighted by molar-refractivity contribution is 7.99. The number of phenolic OH excluding ortho intramolecular Hbond substituents is 2. The summed E-state index contributed by atoms with van der Waals surface area (Å²) in [5, 5.41) is 32.7.